The second-order valence-corrected chi connectivity index (χ2v) is 24.9. The fraction of sp³-hybridized carbons (Fsp3) is 0.568. The van der Waals surface area contributed by atoms with Crippen LogP contribution in [0.25, 0.3) is 11.2 Å². The van der Waals surface area contributed by atoms with E-state index in [2.05, 4.69) is 98.6 Å². The van der Waals surface area contributed by atoms with Crippen LogP contribution in [0, 0.1) is 18.4 Å². The topological polar surface area (TPSA) is 329 Å². The van der Waals surface area contributed by atoms with Crippen LogP contribution in [0.5, 0.6) is 0 Å². The van der Waals surface area contributed by atoms with Gasteiger partial charge in [-0.1, -0.05) is 52.0 Å². The summed E-state index contributed by atoms with van der Waals surface area (Å²) in [7, 11) is -2.14. The molecule has 0 saturated carbocycles. The molecule has 3 aliphatic rings. The Balaban J connectivity index is 1.01. The molecule has 372 valence electrons. The molecule has 26 heteroatoms. The van der Waals surface area contributed by atoms with E-state index in [1.807, 2.05) is 0 Å². The van der Waals surface area contributed by atoms with Gasteiger partial charge in [-0.25, -0.2) is 33.9 Å². The van der Waals surface area contributed by atoms with Gasteiger partial charge in [-0.05, 0) is 23.5 Å². The van der Waals surface area contributed by atoms with Crippen molar-refractivity contribution in [3.8, 4) is 11.5 Å². The van der Waals surface area contributed by atoms with Gasteiger partial charge in [-0.3, -0.25) is 33.3 Å². The van der Waals surface area contributed by atoms with Crippen molar-refractivity contribution in [2.75, 3.05) is 5.73 Å². The third kappa shape index (κ3) is 8.75. The molecule has 11 atom stereocenters. The molecule has 0 aliphatic carbocycles. The minimum Gasteiger partial charge on any atom is -0.390 e. The molecule has 6 aromatic heterocycles. The van der Waals surface area contributed by atoms with Crippen molar-refractivity contribution >= 4 is 25.1 Å². The number of ether oxygens (including phenoxy) is 3. The van der Waals surface area contributed by atoms with E-state index in [1.54, 1.807) is 23.9 Å². The molecule has 0 unspecified atom stereocenters. The lowest BCUT2D eigenvalue weighted by atomic mass is 10.0. The number of hydrogen-bond donors (Lipinski definition) is 6. The van der Waals surface area contributed by atoms with Gasteiger partial charge in [0.15, 0.2) is 23.9 Å². The molecule has 0 radical (unpaired) electrons. The number of imidazole rings is 1. The first-order chi connectivity index (χ1) is 33.4. The molecule has 70 heavy (non-hydrogen) atoms. The van der Waals surface area contributed by atoms with Crippen LogP contribution in [-0.4, -0.2) is 129 Å². The number of H-pyrrole nitrogens is 2. The summed E-state index contributed by atoms with van der Waals surface area (Å²) in [6, 6.07) is -0.666. The van der Waals surface area contributed by atoms with Gasteiger partial charge in [0.1, 0.15) is 50.4 Å². The number of aromatic nitrogens is 14. The van der Waals surface area contributed by atoms with Crippen molar-refractivity contribution in [2.45, 2.75) is 158 Å². The number of nitrogens with one attached hydrogen (secondary N) is 2. The molecule has 3 fully saturated rings. The lowest BCUT2D eigenvalue weighted by molar-refractivity contribution is -0.0396. The minimum absolute atomic E-state index is 0.0101. The fourth-order valence-corrected chi connectivity index (χ4v) is 16.0. The summed E-state index contributed by atoms with van der Waals surface area (Å²) in [5, 5.41) is 52.8. The monoisotopic (exact) mass is 983 g/mol. The summed E-state index contributed by atoms with van der Waals surface area (Å²) in [6.07, 6.45) is -0.171. The number of nitrogens with zero attached hydrogens (tertiary/aromatic N) is 12. The predicted molar refractivity (Wildman–Crippen MR) is 250 cm³/mol. The summed E-state index contributed by atoms with van der Waals surface area (Å²) >= 11 is 0. The summed E-state index contributed by atoms with van der Waals surface area (Å²) in [4.78, 5) is 66.9. The Hall–Kier alpha value is -6.47. The minimum atomic E-state index is -2.14. The number of hydrogen-bond acceptors (Lipinski definition) is 18. The molecule has 3 saturated heterocycles. The van der Waals surface area contributed by atoms with E-state index in [-0.39, 0.29) is 31.5 Å². The Bertz CT molecular complexity index is 3160. The zero-order valence-corrected chi connectivity index (χ0v) is 40.6. The second kappa shape index (κ2) is 19.0. The van der Waals surface area contributed by atoms with E-state index < -0.39 is 98.0 Å². The number of nitrogens with two attached hydrogens (primary N) is 1. The number of fused-ring (bicyclic) bond motifs is 1. The van der Waals surface area contributed by atoms with Crippen LogP contribution >= 0.6 is 0 Å². The van der Waals surface area contributed by atoms with E-state index >= 15 is 0 Å². The molecule has 0 amide bonds. The molecule has 3 aliphatic heterocycles. The number of aliphatic hydroxyl groups is 3. The number of aliphatic hydroxyl groups excluding tert-OH is 3. The van der Waals surface area contributed by atoms with E-state index in [0.29, 0.717) is 44.7 Å². The van der Waals surface area contributed by atoms with Crippen LogP contribution in [0.2, 0.25) is 16.6 Å². The second-order valence-electron chi connectivity index (χ2n) is 19.3. The molecule has 0 aromatic carbocycles. The van der Waals surface area contributed by atoms with Gasteiger partial charge in [0.2, 0.25) is 0 Å². The summed E-state index contributed by atoms with van der Waals surface area (Å²) in [6.45, 7) is 15.0. The molecule has 9 rings (SSSR count). The Labute approximate surface area is 399 Å². The highest BCUT2D eigenvalue weighted by Crippen LogP contribution is 2.43. The standard InChI is InChI=1S/C44H57N15O10Si/c1-21(2)70(22(3)4,23(5)6)12-8-9-28-34(36(62)42(68-28)57-20-48-33-38(45)46-19-47-39(33)57)58-18-26(52-53-58)14-30-35(37(63)41(69-30)55-11-10-31(61)49-43(55)65)59-17-25(51-54-59)13-29-27(60)15-32(67-29)56-16-24(7)40(64)50-44(56)66/h10-11,16-23,27-30,32,34-37,41-42,60,62-63H,9,13-15H2,1-7H3,(H2,45,46,47)(H,49,61,65)(H,50,64,66)/t27-,28+,29+,30+,32+,34+,35+,36+,37+,41+,42+/m0/s1. The van der Waals surface area contributed by atoms with Gasteiger partial charge in [0.25, 0.3) is 11.1 Å². The largest absolute Gasteiger partial charge is 0.390 e. The van der Waals surface area contributed by atoms with Crippen LogP contribution < -0.4 is 28.2 Å². The third-order valence-corrected chi connectivity index (χ3v) is 20.5. The van der Waals surface area contributed by atoms with E-state index in [0.717, 1.165) is 10.6 Å². The molecule has 9 heterocycles. The highest BCUT2D eigenvalue weighted by Gasteiger charge is 2.50. The van der Waals surface area contributed by atoms with E-state index in [4.69, 9.17) is 19.9 Å². The Kier molecular flexibility index (Phi) is 13.2. The Morgan fingerprint density at radius 3 is 2.01 bits per heavy atom. The van der Waals surface area contributed by atoms with Gasteiger partial charge in [0, 0.05) is 62.1 Å². The molecular formula is C44H57N15O10Si. The SMILES string of the molecule is Cc1cn([C@H]2C[C@H](O)[C@@H](Cc3cn([C@H]4[C@@H](O)[C@H](n5ccc(=O)[nH]c5=O)O[C@@H]4Cc4cn([C@H]5[C@@H](O)[C@H](n6cnc7c(N)ncnc76)O[C@@H]5CC#C[Si](C(C)C)(C(C)C)C(C)C)nn4)nn3)O2)c(=O)[nH]c1=O. The number of anilines is 1. The van der Waals surface area contributed by atoms with Gasteiger partial charge < -0.3 is 35.3 Å². The van der Waals surface area contributed by atoms with Crippen LogP contribution in [0.15, 0.2) is 62.7 Å². The molecular weight excluding hydrogens is 927 g/mol. The Morgan fingerprint density at radius 2 is 1.37 bits per heavy atom. The number of nitrogen functional groups attached to an aromatic ring is 1. The molecule has 6 aromatic rings. The molecule has 0 bridgehead atoms. The fourth-order valence-electron chi connectivity index (χ4n) is 10.7. The predicted octanol–water partition coefficient (Wildman–Crippen LogP) is 0.344. The maximum Gasteiger partial charge on any atom is 0.330 e. The lowest BCUT2D eigenvalue weighted by Crippen LogP contribution is -2.43. The van der Waals surface area contributed by atoms with Gasteiger partial charge >= 0.3 is 11.4 Å². The summed E-state index contributed by atoms with van der Waals surface area (Å²) in [5.41, 5.74) is 10.2. The van der Waals surface area contributed by atoms with Gasteiger partial charge in [0.05, 0.1) is 42.1 Å². The normalized spacial score (nSPS) is 27.1. The van der Waals surface area contributed by atoms with Crippen molar-refractivity contribution in [1.82, 2.24) is 68.6 Å². The van der Waals surface area contributed by atoms with E-state index in [1.165, 1.54) is 39.0 Å². The first-order valence-electron chi connectivity index (χ1n) is 23.2. The zero-order valence-electron chi connectivity index (χ0n) is 39.6. The van der Waals surface area contributed by atoms with Crippen LogP contribution in [0.3, 0.4) is 0 Å². The summed E-state index contributed by atoms with van der Waals surface area (Å²) in [5.74, 6) is 3.67. The maximum atomic E-state index is 13.1. The van der Waals surface area contributed by atoms with Crippen LogP contribution in [0.1, 0.15) is 102 Å². The zero-order chi connectivity index (χ0) is 49.9. The average molecular weight is 984 g/mol. The van der Waals surface area contributed by atoms with Crippen LogP contribution in [0.4, 0.5) is 5.82 Å². The smallest absolute Gasteiger partial charge is 0.330 e. The maximum absolute atomic E-state index is 13.1. The first kappa shape index (κ1) is 48.5. The van der Waals surface area contributed by atoms with Gasteiger partial charge in [-0.2, -0.15) is 0 Å². The Morgan fingerprint density at radius 1 is 0.771 bits per heavy atom. The van der Waals surface area contributed by atoms with Crippen LogP contribution in [-0.2, 0) is 27.1 Å². The average Bonchev–Trinajstić information content (AvgIpc) is 4.17. The summed E-state index contributed by atoms with van der Waals surface area (Å²) < 4.78 is 26.0. The van der Waals surface area contributed by atoms with Gasteiger partial charge in [-0.15, -0.1) is 21.7 Å². The van der Waals surface area contributed by atoms with E-state index in [9.17, 15) is 34.5 Å². The molecule has 7 N–H and O–H groups in total. The molecule has 25 nitrogen and oxygen atoms in total. The number of aryl methyl sites for hydroxylation is 1. The number of rotatable bonds is 13. The third-order valence-electron chi connectivity index (χ3n) is 14.1. The molecule has 0 spiro atoms. The van der Waals surface area contributed by atoms with Crippen molar-refractivity contribution in [3.63, 3.8) is 0 Å². The van der Waals surface area contributed by atoms with Crippen molar-refractivity contribution in [1.29, 1.82) is 0 Å². The first-order valence-corrected chi connectivity index (χ1v) is 25.5. The highest BCUT2D eigenvalue weighted by atomic mass is 28.3. The lowest BCUT2D eigenvalue weighted by Gasteiger charge is -2.38. The van der Waals surface area contributed by atoms with Crippen molar-refractivity contribution < 1.29 is 29.5 Å². The van der Waals surface area contributed by atoms with Crippen molar-refractivity contribution in [3.05, 3.63) is 102 Å². The highest BCUT2D eigenvalue weighted by molar-refractivity contribution is 6.90. The quantitative estimate of drug-likeness (QED) is 0.0671. The van der Waals surface area contributed by atoms with Crippen molar-refractivity contribution in [2.24, 2.45) is 0 Å². The number of aromatic amines is 2.